The van der Waals surface area contributed by atoms with Crippen LogP contribution in [0.5, 0.6) is 0 Å². The largest absolute Gasteiger partial charge is 0.467 e. The van der Waals surface area contributed by atoms with Gasteiger partial charge in [0, 0.05) is 18.4 Å². The molecule has 1 saturated heterocycles. The van der Waals surface area contributed by atoms with Gasteiger partial charge in [0.15, 0.2) is 0 Å². The van der Waals surface area contributed by atoms with Crippen molar-refractivity contribution in [2.45, 2.75) is 58.1 Å². The summed E-state index contributed by atoms with van der Waals surface area (Å²) in [5.41, 5.74) is 2.30. The van der Waals surface area contributed by atoms with E-state index in [0.29, 0.717) is 25.5 Å². The zero-order valence-electron chi connectivity index (χ0n) is 16.0. The van der Waals surface area contributed by atoms with Crippen molar-refractivity contribution in [3.05, 3.63) is 59.5 Å². The number of aryl methyl sites for hydroxylation is 1. The molecule has 0 spiro atoms. The summed E-state index contributed by atoms with van der Waals surface area (Å²) in [5, 5.41) is 3.01. The highest BCUT2D eigenvalue weighted by Crippen LogP contribution is 2.42. The van der Waals surface area contributed by atoms with Crippen molar-refractivity contribution in [3.63, 3.8) is 0 Å². The summed E-state index contributed by atoms with van der Waals surface area (Å²) in [7, 11) is 0. The van der Waals surface area contributed by atoms with E-state index in [9.17, 15) is 4.79 Å². The molecule has 0 radical (unpaired) electrons. The lowest BCUT2D eigenvalue weighted by Crippen LogP contribution is -2.44. The van der Waals surface area contributed by atoms with Gasteiger partial charge < -0.3 is 14.5 Å². The molecule has 0 aliphatic carbocycles. The highest BCUT2D eigenvalue weighted by atomic mass is 16.5. The topological polar surface area (TPSA) is 51.5 Å². The van der Waals surface area contributed by atoms with Crippen molar-refractivity contribution in [1.29, 1.82) is 0 Å². The van der Waals surface area contributed by atoms with Crippen LogP contribution in [0.1, 0.15) is 50.0 Å². The van der Waals surface area contributed by atoms with Crippen molar-refractivity contribution in [1.82, 2.24) is 5.32 Å². The van der Waals surface area contributed by atoms with Crippen LogP contribution >= 0.6 is 0 Å². The number of carbonyl (C=O) groups is 1. The number of carbonyl (C=O) groups excluding carboxylic acids is 1. The van der Waals surface area contributed by atoms with Crippen LogP contribution in [0, 0.1) is 12.8 Å². The molecule has 4 heteroatoms. The predicted molar refractivity (Wildman–Crippen MR) is 102 cm³/mol. The maximum Gasteiger partial charge on any atom is 0.221 e. The third-order valence-electron chi connectivity index (χ3n) is 5.45. The van der Waals surface area contributed by atoms with Crippen LogP contribution in [-0.4, -0.2) is 18.6 Å². The van der Waals surface area contributed by atoms with Gasteiger partial charge in [-0.05, 0) is 43.4 Å². The minimum atomic E-state index is -0.172. The van der Waals surface area contributed by atoms with E-state index in [0.717, 1.165) is 18.6 Å². The fraction of sp³-hybridized carbons (Fsp3) is 0.500. The fourth-order valence-electron chi connectivity index (χ4n) is 3.78. The molecular formula is C22H29NO3. The van der Waals surface area contributed by atoms with Crippen LogP contribution in [0.2, 0.25) is 0 Å². The SMILES string of the molecule is Cc1ccc(C2(CC(=O)NCc3ccco3)CCOC(C(C)C)C2)cc1. The molecule has 26 heavy (non-hydrogen) atoms. The van der Waals surface area contributed by atoms with Gasteiger partial charge in [0.05, 0.1) is 18.9 Å². The molecule has 1 amide bonds. The van der Waals surface area contributed by atoms with Crippen LogP contribution in [0.3, 0.4) is 0 Å². The number of hydrogen-bond acceptors (Lipinski definition) is 3. The molecule has 3 rings (SSSR count). The molecule has 1 N–H and O–H groups in total. The minimum Gasteiger partial charge on any atom is -0.467 e. The number of rotatable bonds is 6. The minimum absolute atomic E-state index is 0.0615. The highest BCUT2D eigenvalue weighted by Gasteiger charge is 2.41. The third-order valence-corrected chi connectivity index (χ3v) is 5.45. The highest BCUT2D eigenvalue weighted by molar-refractivity contribution is 5.77. The predicted octanol–water partition coefficient (Wildman–Crippen LogP) is 4.37. The molecule has 1 aliphatic rings. The Hall–Kier alpha value is -2.07. The summed E-state index contributed by atoms with van der Waals surface area (Å²) in [6.45, 7) is 7.59. The van der Waals surface area contributed by atoms with E-state index in [1.807, 2.05) is 12.1 Å². The number of nitrogens with one attached hydrogen (secondary N) is 1. The first-order valence-electron chi connectivity index (χ1n) is 9.46. The second-order valence-electron chi connectivity index (χ2n) is 7.79. The number of benzene rings is 1. The van der Waals surface area contributed by atoms with E-state index in [1.165, 1.54) is 11.1 Å². The smallest absolute Gasteiger partial charge is 0.221 e. The Balaban J connectivity index is 1.78. The van der Waals surface area contributed by atoms with Gasteiger partial charge in [0.25, 0.3) is 0 Å². The molecule has 2 unspecified atom stereocenters. The van der Waals surface area contributed by atoms with Gasteiger partial charge in [0.1, 0.15) is 5.76 Å². The lowest BCUT2D eigenvalue weighted by atomic mass is 9.68. The Morgan fingerprint density at radius 3 is 2.69 bits per heavy atom. The molecule has 0 bridgehead atoms. The summed E-state index contributed by atoms with van der Waals surface area (Å²) >= 11 is 0. The third kappa shape index (κ3) is 4.36. The second kappa shape index (κ2) is 8.09. The average molecular weight is 355 g/mol. The standard InChI is InChI=1S/C22H29NO3/c1-16(2)20-13-22(10-12-26-20,18-8-6-17(3)7-9-18)14-21(24)23-15-19-5-4-11-25-19/h4-9,11,16,20H,10,12-15H2,1-3H3,(H,23,24). The molecule has 140 valence electrons. The normalized spacial score (nSPS) is 23.2. The van der Waals surface area contributed by atoms with Crippen molar-refractivity contribution >= 4 is 5.91 Å². The van der Waals surface area contributed by atoms with Gasteiger partial charge in [-0.1, -0.05) is 43.7 Å². The van der Waals surface area contributed by atoms with E-state index in [-0.39, 0.29) is 17.4 Å². The Morgan fingerprint density at radius 1 is 1.27 bits per heavy atom. The van der Waals surface area contributed by atoms with Gasteiger partial charge in [-0.3, -0.25) is 4.79 Å². The summed E-state index contributed by atoms with van der Waals surface area (Å²) in [5.74, 6) is 1.27. The number of hydrogen-bond donors (Lipinski definition) is 1. The Bertz CT molecular complexity index is 705. The lowest BCUT2D eigenvalue weighted by molar-refractivity contribution is -0.125. The first kappa shape index (κ1) is 18.7. The summed E-state index contributed by atoms with van der Waals surface area (Å²) in [6.07, 6.45) is 4.03. The van der Waals surface area contributed by atoms with Crippen molar-refractivity contribution < 1.29 is 13.9 Å². The van der Waals surface area contributed by atoms with Crippen LogP contribution in [0.15, 0.2) is 47.1 Å². The number of furan rings is 1. The first-order chi connectivity index (χ1) is 12.5. The summed E-state index contributed by atoms with van der Waals surface area (Å²) < 4.78 is 11.3. The Morgan fingerprint density at radius 2 is 2.04 bits per heavy atom. The average Bonchev–Trinajstić information content (AvgIpc) is 3.14. The van der Waals surface area contributed by atoms with Crippen molar-refractivity contribution in [3.8, 4) is 0 Å². The van der Waals surface area contributed by atoms with E-state index < -0.39 is 0 Å². The van der Waals surface area contributed by atoms with Crippen LogP contribution in [-0.2, 0) is 21.5 Å². The maximum atomic E-state index is 12.7. The molecular weight excluding hydrogens is 326 g/mol. The Labute approximate surface area is 155 Å². The molecule has 0 saturated carbocycles. The fourth-order valence-corrected chi connectivity index (χ4v) is 3.78. The summed E-state index contributed by atoms with van der Waals surface area (Å²) in [6, 6.07) is 12.3. The van der Waals surface area contributed by atoms with Crippen LogP contribution in [0.25, 0.3) is 0 Å². The first-order valence-corrected chi connectivity index (χ1v) is 9.46. The van der Waals surface area contributed by atoms with E-state index in [4.69, 9.17) is 9.15 Å². The van der Waals surface area contributed by atoms with Crippen molar-refractivity contribution in [2.75, 3.05) is 6.61 Å². The molecule has 1 aromatic carbocycles. The lowest BCUT2D eigenvalue weighted by Gasteiger charge is -2.42. The van der Waals surface area contributed by atoms with Gasteiger partial charge in [-0.25, -0.2) is 0 Å². The second-order valence-corrected chi connectivity index (χ2v) is 7.79. The van der Waals surface area contributed by atoms with Crippen molar-refractivity contribution in [2.24, 2.45) is 5.92 Å². The van der Waals surface area contributed by atoms with Gasteiger partial charge in [-0.15, -0.1) is 0 Å². The van der Waals surface area contributed by atoms with Crippen LogP contribution in [0.4, 0.5) is 0 Å². The molecule has 2 heterocycles. The maximum absolute atomic E-state index is 12.7. The van der Waals surface area contributed by atoms with Gasteiger partial charge >= 0.3 is 0 Å². The van der Waals surface area contributed by atoms with E-state index in [1.54, 1.807) is 6.26 Å². The van der Waals surface area contributed by atoms with Gasteiger partial charge in [0.2, 0.25) is 5.91 Å². The molecule has 1 fully saturated rings. The molecule has 2 aromatic rings. The monoisotopic (exact) mass is 355 g/mol. The molecule has 4 nitrogen and oxygen atoms in total. The summed E-state index contributed by atoms with van der Waals surface area (Å²) in [4.78, 5) is 12.7. The zero-order chi connectivity index (χ0) is 18.6. The molecule has 1 aliphatic heterocycles. The molecule has 1 aromatic heterocycles. The number of ether oxygens (including phenoxy) is 1. The van der Waals surface area contributed by atoms with Gasteiger partial charge in [-0.2, -0.15) is 0 Å². The zero-order valence-corrected chi connectivity index (χ0v) is 16.0. The quantitative estimate of drug-likeness (QED) is 0.837. The molecule has 2 atom stereocenters. The number of amides is 1. The van der Waals surface area contributed by atoms with Crippen LogP contribution < -0.4 is 5.32 Å². The van der Waals surface area contributed by atoms with E-state index in [2.05, 4.69) is 50.4 Å². The Kier molecular flexibility index (Phi) is 5.82. The van der Waals surface area contributed by atoms with E-state index >= 15 is 0 Å².